The summed E-state index contributed by atoms with van der Waals surface area (Å²) < 4.78 is 28.2. The molecule has 2 aromatic carbocycles. The molecule has 1 aliphatic rings. The van der Waals surface area contributed by atoms with Crippen LogP contribution in [0.3, 0.4) is 0 Å². The van der Waals surface area contributed by atoms with E-state index in [9.17, 15) is 13.2 Å². The van der Waals surface area contributed by atoms with Crippen molar-refractivity contribution in [3.05, 3.63) is 70.2 Å². The molecule has 168 valence electrons. The van der Waals surface area contributed by atoms with Crippen molar-refractivity contribution in [3.8, 4) is 0 Å². The van der Waals surface area contributed by atoms with Crippen LogP contribution < -0.4 is 9.62 Å². The molecule has 1 aromatic heterocycles. The van der Waals surface area contributed by atoms with Gasteiger partial charge in [0.1, 0.15) is 4.88 Å². The quantitative estimate of drug-likeness (QED) is 0.613. The van der Waals surface area contributed by atoms with Crippen LogP contribution in [0, 0.1) is 20.8 Å². The summed E-state index contributed by atoms with van der Waals surface area (Å²) >= 11 is 1.08. The first-order chi connectivity index (χ1) is 15.2. The van der Waals surface area contributed by atoms with E-state index in [4.69, 9.17) is 0 Å². The number of benzene rings is 2. The summed E-state index contributed by atoms with van der Waals surface area (Å²) in [5, 5.41) is 0.203. The Morgan fingerprint density at radius 1 is 1.00 bits per heavy atom. The van der Waals surface area contributed by atoms with Gasteiger partial charge in [0.2, 0.25) is 0 Å². The van der Waals surface area contributed by atoms with Crippen molar-refractivity contribution < 1.29 is 13.2 Å². The number of rotatable bonds is 5. The molecule has 4 rings (SSSR count). The van der Waals surface area contributed by atoms with Gasteiger partial charge in [-0.2, -0.15) is 0 Å². The van der Waals surface area contributed by atoms with Crippen molar-refractivity contribution in [1.29, 1.82) is 0 Å². The third-order valence-electron chi connectivity index (χ3n) is 5.52. The summed E-state index contributed by atoms with van der Waals surface area (Å²) in [6.45, 7) is 8.12. The molecule has 1 fully saturated rings. The van der Waals surface area contributed by atoms with Gasteiger partial charge in [0.25, 0.3) is 15.9 Å². The molecule has 0 radical (unpaired) electrons. The van der Waals surface area contributed by atoms with Gasteiger partial charge in [0.15, 0.2) is 5.13 Å². The van der Waals surface area contributed by atoms with Gasteiger partial charge in [-0.1, -0.05) is 47.2 Å². The summed E-state index contributed by atoms with van der Waals surface area (Å²) in [5.74, 6) is -0.107. The SMILES string of the molecule is Cc1ccc(S(=O)(=O)Nc2nc(C)c(C(=O)N3CCN(c4ccccc4)CC3)s2)c(C)c1. The molecule has 1 amide bonds. The Bertz CT molecular complexity index is 1230. The van der Waals surface area contributed by atoms with Crippen molar-refractivity contribution in [2.24, 2.45) is 0 Å². The lowest BCUT2D eigenvalue weighted by Gasteiger charge is -2.36. The highest BCUT2D eigenvalue weighted by Gasteiger charge is 2.27. The molecule has 0 spiro atoms. The Labute approximate surface area is 192 Å². The second-order valence-electron chi connectivity index (χ2n) is 7.92. The Kier molecular flexibility index (Phi) is 6.21. The molecule has 1 aliphatic heterocycles. The van der Waals surface area contributed by atoms with Crippen LogP contribution in [0.1, 0.15) is 26.5 Å². The number of sulfonamides is 1. The molecule has 0 atom stereocenters. The van der Waals surface area contributed by atoms with Gasteiger partial charge < -0.3 is 9.80 Å². The average molecular weight is 471 g/mol. The number of aromatic nitrogens is 1. The molecule has 0 unspecified atom stereocenters. The molecule has 1 N–H and O–H groups in total. The highest BCUT2D eigenvalue weighted by molar-refractivity contribution is 7.93. The van der Waals surface area contributed by atoms with Gasteiger partial charge in [0, 0.05) is 31.9 Å². The summed E-state index contributed by atoms with van der Waals surface area (Å²) in [6.07, 6.45) is 0. The predicted octanol–water partition coefficient (Wildman–Crippen LogP) is 3.83. The van der Waals surface area contributed by atoms with Crippen molar-refractivity contribution >= 4 is 38.1 Å². The van der Waals surface area contributed by atoms with Crippen LogP contribution in [-0.4, -0.2) is 50.4 Å². The van der Waals surface area contributed by atoms with E-state index in [0.717, 1.165) is 35.7 Å². The van der Waals surface area contributed by atoms with Crippen LogP contribution in [0.25, 0.3) is 0 Å². The lowest BCUT2D eigenvalue weighted by atomic mass is 10.2. The minimum Gasteiger partial charge on any atom is -0.368 e. The maximum absolute atomic E-state index is 13.1. The van der Waals surface area contributed by atoms with E-state index in [0.29, 0.717) is 29.2 Å². The number of anilines is 2. The number of para-hydroxylation sites is 1. The smallest absolute Gasteiger partial charge is 0.266 e. The first kappa shape index (κ1) is 22.3. The van der Waals surface area contributed by atoms with E-state index in [2.05, 4.69) is 26.7 Å². The minimum atomic E-state index is -3.79. The Balaban J connectivity index is 1.46. The molecule has 3 aromatic rings. The van der Waals surface area contributed by atoms with Crippen LogP contribution in [-0.2, 0) is 10.0 Å². The molecule has 9 heteroatoms. The number of nitrogens with zero attached hydrogens (tertiary/aromatic N) is 3. The van der Waals surface area contributed by atoms with E-state index >= 15 is 0 Å². The van der Waals surface area contributed by atoms with Crippen molar-refractivity contribution in [2.75, 3.05) is 35.8 Å². The Morgan fingerprint density at radius 2 is 1.69 bits per heavy atom. The largest absolute Gasteiger partial charge is 0.368 e. The lowest BCUT2D eigenvalue weighted by Crippen LogP contribution is -2.48. The molecule has 0 saturated carbocycles. The fourth-order valence-corrected chi connectivity index (χ4v) is 6.26. The number of nitrogens with one attached hydrogen (secondary N) is 1. The van der Waals surface area contributed by atoms with E-state index in [1.54, 1.807) is 26.0 Å². The Morgan fingerprint density at radius 3 is 2.34 bits per heavy atom. The molecule has 32 heavy (non-hydrogen) atoms. The highest BCUT2D eigenvalue weighted by atomic mass is 32.2. The van der Waals surface area contributed by atoms with Crippen LogP contribution in [0.15, 0.2) is 53.4 Å². The standard InChI is InChI=1S/C23H26N4O3S2/c1-16-9-10-20(17(2)15-16)32(29,30)25-23-24-18(3)21(31-23)22(28)27-13-11-26(12-14-27)19-7-5-4-6-8-19/h4-10,15H,11-14H2,1-3H3,(H,24,25). The molecule has 0 aliphatic carbocycles. The second kappa shape index (κ2) is 8.91. The summed E-state index contributed by atoms with van der Waals surface area (Å²) in [4.78, 5) is 22.2. The molecular formula is C23H26N4O3S2. The lowest BCUT2D eigenvalue weighted by molar-refractivity contribution is 0.0750. The minimum absolute atomic E-state index is 0.107. The third-order valence-corrected chi connectivity index (χ3v) is 8.21. The number of thiazole rings is 1. The second-order valence-corrected chi connectivity index (χ2v) is 10.6. The van der Waals surface area contributed by atoms with Crippen LogP contribution in [0.5, 0.6) is 0 Å². The van der Waals surface area contributed by atoms with E-state index < -0.39 is 10.0 Å². The van der Waals surface area contributed by atoms with Crippen molar-refractivity contribution in [3.63, 3.8) is 0 Å². The fourth-order valence-electron chi connectivity index (χ4n) is 3.86. The fraction of sp³-hybridized carbons (Fsp3) is 0.304. The highest BCUT2D eigenvalue weighted by Crippen LogP contribution is 2.28. The van der Waals surface area contributed by atoms with Crippen LogP contribution in [0.2, 0.25) is 0 Å². The number of carbonyl (C=O) groups excluding carboxylic acids is 1. The molecule has 0 bridgehead atoms. The summed E-state index contributed by atoms with van der Waals surface area (Å²) in [6, 6.07) is 15.3. The van der Waals surface area contributed by atoms with Gasteiger partial charge >= 0.3 is 0 Å². The van der Waals surface area contributed by atoms with E-state index in [1.807, 2.05) is 36.1 Å². The molecular weight excluding hydrogens is 444 g/mol. The maximum Gasteiger partial charge on any atom is 0.266 e. The van der Waals surface area contributed by atoms with Gasteiger partial charge in [-0.05, 0) is 44.5 Å². The van der Waals surface area contributed by atoms with E-state index in [-0.39, 0.29) is 15.9 Å². The first-order valence-electron chi connectivity index (χ1n) is 10.4. The molecule has 1 saturated heterocycles. The predicted molar refractivity (Wildman–Crippen MR) is 128 cm³/mol. The Hall–Kier alpha value is -2.91. The number of aryl methyl sites for hydroxylation is 3. The van der Waals surface area contributed by atoms with Crippen molar-refractivity contribution in [2.45, 2.75) is 25.7 Å². The maximum atomic E-state index is 13.1. The number of carbonyl (C=O) groups is 1. The van der Waals surface area contributed by atoms with E-state index in [1.165, 1.54) is 0 Å². The van der Waals surface area contributed by atoms with Gasteiger partial charge in [-0.3, -0.25) is 9.52 Å². The zero-order valence-corrected chi connectivity index (χ0v) is 20.0. The number of amides is 1. The zero-order valence-electron chi connectivity index (χ0n) is 18.3. The number of hydrogen-bond donors (Lipinski definition) is 1. The van der Waals surface area contributed by atoms with Gasteiger partial charge in [-0.15, -0.1) is 0 Å². The number of piperazine rings is 1. The van der Waals surface area contributed by atoms with Crippen molar-refractivity contribution in [1.82, 2.24) is 9.88 Å². The zero-order chi connectivity index (χ0) is 22.9. The van der Waals surface area contributed by atoms with Crippen LogP contribution >= 0.6 is 11.3 Å². The average Bonchev–Trinajstić information content (AvgIpc) is 3.12. The summed E-state index contributed by atoms with van der Waals surface area (Å²) in [5.41, 5.74) is 3.34. The number of hydrogen-bond acceptors (Lipinski definition) is 6. The molecule has 7 nitrogen and oxygen atoms in total. The van der Waals surface area contributed by atoms with Crippen LogP contribution in [0.4, 0.5) is 10.8 Å². The summed E-state index contributed by atoms with van der Waals surface area (Å²) in [7, 11) is -3.79. The normalized spacial score (nSPS) is 14.5. The third kappa shape index (κ3) is 4.63. The van der Waals surface area contributed by atoms with Gasteiger partial charge in [0.05, 0.1) is 10.6 Å². The topological polar surface area (TPSA) is 82.6 Å². The molecule has 2 heterocycles. The monoisotopic (exact) mass is 470 g/mol. The van der Waals surface area contributed by atoms with Gasteiger partial charge in [-0.25, -0.2) is 13.4 Å². The first-order valence-corrected chi connectivity index (χ1v) is 12.7.